The molecular weight excluding hydrogens is 358 g/mol. The molecule has 7 nitrogen and oxygen atoms in total. The Balaban J connectivity index is 2.01. The number of aryl methyl sites for hydroxylation is 1. The Hall–Kier alpha value is -3.09. The average Bonchev–Trinajstić information content (AvgIpc) is 3.17. The van der Waals surface area contributed by atoms with Crippen molar-refractivity contribution in [2.75, 3.05) is 18.9 Å². The Morgan fingerprint density at radius 2 is 1.82 bits per heavy atom. The molecule has 0 aliphatic heterocycles. The van der Waals surface area contributed by atoms with Gasteiger partial charge >= 0.3 is 0 Å². The number of anilines is 1. The van der Waals surface area contributed by atoms with Crippen LogP contribution in [0.1, 0.15) is 35.5 Å². The van der Waals surface area contributed by atoms with E-state index in [0.29, 0.717) is 0 Å². The molecule has 0 fully saturated rings. The van der Waals surface area contributed by atoms with Crippen LogP contribution >= 0.6 is 0 Å². The first kappa shape index (κ1) is 21.2. The summed E-state index contributed by atoms with van der Waals surface area (Å²) in [6, 6.07) is 8.02. The van der Waals surface area contributed by atoms with Gasteiger partial charge in [-0.15, -0.1) is 0 Å². The molecule has 1 atom stereocenters. The number of amides is 3. The molecule has 1 aromatic carbocycles. The predicted octanol–water partition coefficient (Wildman–Crippen LogP) is 2.75. The molecule has 0 radical (unpaired) electrons. The molecular formula is C21H27N3O4. The quantitative estimate of drug-likeness (QED) is 0.767. The molecule has 150 valence electrons. The molecule has 2 N–H and O–H groups in total. The summed E-state index contributed by atoms with van der Waals surface area (Å²) in [5.74, 6) is -1.13. The van der Waals surface area contributed by atoms with Crippen molar-refractivity contribution in [2.45, 2.75) is 33.7 Å². The lowest BCUT2D eigenvalue weighted by Gasteiger charge is -2.26. The third-order valence-corrected chi connectivity index (χ3v) is 4.60. The second kappa shape index (κ2) is 9.21. The van der Waals surface area contributed by atoms with Gasteiger partial charge in [-0.25, -0.2) is 0 Å². The molecule has 0 saturated heterocycles. The van der Waals surface area contributed by atoms with Gasteiger partial charge in [-0.3, -0.25) is 14.4 Å². The van der Waals surface area contributed by atoms with E-state index in [1.807, 2.05) is 45.9 Å². The summed E-state index contributed by atoms with van der Waals surface area (Å²) in [4.78, 5) is 38.7. The smallest absolute Gasteiger partial charge is 0.287 e. The van der Waals surface area contributed by atoms with Gasteiger partial charge in [0.05, 0.1) is 12.8 Å². The van der Waals surface area contributed by atoms with E-state index >= 15 is 0 Å². The molecule has 1 heterocycles. The minimum atomic E-state index is -0.767. The fraction of sp³-hybridized carbons (Fsp3) is 0.381. The van der Waals surface area contributed by atoms with E-state index in [-0.39, 0.29) is 30.0 Å². The first-order valence-electron chi connectivity index (χ1n) is 9.16. The number of nitrogens with one attached hydrogen (secondary N) is 2. The monoisotopic (exact) mass is 385 g/mol. The van der Waals surface area contributed by atoms with Gasteiger partial charge in [-0.05, 0) is 49.1 Å². The van der Waals surface area contributed by atoms with Crippen LogP contribution in [0.3, 0.4) is 0 Å². The van der Waals surface area contributed by atoms with Crippen LogP contribution in [0.5, 0.6) is 0 Å². The number of rotatable bonds is 7. The largest absolute Gasteiger partial charge is 0.459 e. The molecule has 2 aromatic rings. The van der Waals surface area contributed by atoms with E-state index in [4.69, 9.17) is 4.42 Å². The molecule has 0 aliphatic rings. The molecule has 1 aromatic heterocycles. The van der Waals surface area contributed by atoms with Crippen molar-refractivity contribution < 1.29 is 18.8 Å². The topological polar surface area (TPSA) is 91.7 Å². The van der Waals surface area contributed by atoms with E-state index < -0.39 is 11.9 Å². The third-order valence-electron chi connectivity index (χ3n) is 4.60. The number of nitrogens with zero attached hydrogens (tertiary/aromatic N) is 1. The summed E-state index contributed by atoms with van der Waals surface area (Å²) >= 11 is 0. The Labute approximate surface area is 165 Å². The van der Waals surface area contributed by atoms with Crippen LogP contribution in [0.4, 0.5) is 5.69 Å². The number of benzene rings is 1. The second-order valence-corrected chi connectivity index (χ2v) is 7.16. The average molecular weight is 385 g/mol. The zero-order chi connectivity index (χ0) is 20.8. The summed E-state index contributed by atoms with van der Waals surface area (Å²) in [5, 5.41) is 5.52. The lowest BCUT2D eigenvalue weighted by molar-refractivity contribution is -0.135. The summed E-state index contributed by atoms with van der Waals surface area (Å²) in [6.45, 7) is 7.43. The van der Waals surface area contributed by atoms with Crippen molar-refractivity contribution >= 4 is 23.4 Å². The summed E-state index contributed by atoms with van der Waals surface area (Å²) < 4.78 is 5.07. The van der Waals surface area contributed by atoms with Gasteiger partial charge in [-0.1, -0.05) is 26.0 Å². The van der Waals surface area contributed by atoms with Crippen LogP contribution in [0.15, 0.2) is 41.0 Å². The minimum absolute atomic E-state index is 0.119. The van der Waals surface area contributed by atoms with Crippen molar-refractivity contribution in [3.63, 3.8) is 0 Å². The highest BCUT2D eigenvalue weighted by Crippen LogP contribution is 2.18. The standard InChI is InChI=1S/C21H27N3O4/c1-13(2)19(23-20(26)17-10-7-11-28-17)21(27)24(5)12-18(25)22-16-9-6-8-14(3)15(16)4/h6-11,13,19H,12H2,1-5H3,(H,22,25)(H,23,26). The lowest BCUT2D eigenvalue weighted by Crippen LogP contribution is -2.51. The molecule has 0 spiro atoms. The van der Waals surface area contributed by atoms with Gasteiger partial charge in [0.1, 0.15) is 6.04 Å². The van der Waals surface area contributed by atoms with Crippen LogP contribution in [-0.4, -0.2) is 42.3 Å². The van der Waals surface area contributed by atoms with E-state index in [2.05, 4.69) is 10.6 Å². The highest BCUT2D eigenvalue weighted by Gasteiger charge is 2.29. The maximum atomic E-state index is 12.8. The van der Waals surface area contributed by atoms with Gasteiger partial charge in [0.15, 0.2) is 5.76 Å². The van der Waals surface area contributed by atoms with E-state index in [9.17, 15) is 14.4 Å². The fourth-order valence-electron chi connectivity index (χ4n) is 2.74. The van der Waals surface area contributed by atoms with Crippen molar-refractivity contribution in [1.29, 1.82) is 0 Å². The minimum Gasteiger partial charge on any atom is -0.459 e. The van der Waals surface area contributed by atoms with Gasteiger partial charge in [0.25, 0.3) is 5.91 Å². The Morgan fingerprint density at radius 1 is 1.11 bits per heavy atom. The maximum absolute atomic E-state index is 12.8. The highest BCUT2D eigenvalue weighted by atomic mass is 16.3. The van der Waals surface area contributed by atoms with Crippen LogP contribution < -0.4 is 10.6 Å². The van der Waals surface area contributed by atoms with Gasteiger partial charge in [0.2, 0.25) is 11.8 Å². The van der Waals surface area contributed by atoms with Crippen molar-refractivity contribution in [1.82, 2.24) is 10.2 Å². The molecule has 28 heavy (non-hydrogen) atoms. The van der Waals surface area contributed by atoms with Crippen molar-refractivity contribution in [3.8, 4) is 0 Å². The van der Waals surface area contributed by atoms with Gasteiger partial charge < -0.3 is 20.0 Å². The summed E-state index contributed by atoms with van der Waals surface area (Å²) in [5.41, 5.74) is 2.77. The normalized spacial score (nSPS) is 11.8. The fourth-order valence-corrected chi connectivity index (χ4v) is 2.74. The van der Waals surface area contributed by atoms with Crippen molar-refractivity contribution in [2.24, 2.45) is 5.92 Å². The van der Waals surface area contributed by atoms with E-state index in [0.717, 1.165) is 16.8 Å². The molecule has 3 amide bonds. The number of furan rings is 1. The Bertz CT molecular complexity index is 843. The third kappa shape index (κ3) is 5.22. The summed E-state index contributed by atoms with van der Waals surface area (Å²) in [6.07, 6.45) is 1.39. The van der Waals surface area contributed by atoms with E-state index in [1.165, 1.54) is 17.2 Å². The molecule has 0 bridgehead atoms. The zero-order valence-corrected chi connectivity index (χ0v) is 16.9. The van der Waals surface area contributed by atoms with Crippen LogP contribution in [0.25, 0.3) is 0 Å². The first-order chi connectivity index (χ1) is 13.2. The number of carbonyl (C=O) groups excluding carboxylic acids is 3. The van der Waals surface area contributed by atoms with Gasteiger partial charge in [0, 0.05) is 12.7 Å². The molecule has 2 rings (SSSR count). The highest BCUT2D eigenvalue weighted by molar-refractivity contribution is 5.98. The molecule has 7 heteroatoms. The number of carbonyl (C=O) groups is 3. The number of likely N-dealkylation sites (N-methyl/N-ethyl adjacent to an activating group) is 1. The first-order valence-corrected chi connectivity index (χ1v) is 9.16. The maximum Gasteiger partial charge on any atom is 0.287 e. The van der Waals surface area contributed by atoms with E-state index in [1.54, 1.807) is 13.1 Å². The Morgan fingerprint density at radius 3 is 2.43 bits per heavy atom. The van der Waals surface area contributed by atoms with Gasteiger partial charge in [-0.2, -0.15) is 0 Å². The number of hydrogen-bond acceptors (Lipinski definition) is 4. The number of hydrogen-bond donors (Lipinski definition) is 2. The van der Waals surface area contributed by atoms with Crippen LogP contribution in [-0.2, 0) is 9.59 Å². The SMILES string of the molecule is Cc1cccc(NC(=O)CN(C)C(=O)C(NC(=O)c2ccco2)C(C)C)c1C. The Kier molecular flexibility index (Phi) is 6.98. The van der Waals surface area contributed by atoms with Crippen molar-refractivity contribution in [3.05, 3.63) is 53.5 Å². The molecule has 0 aliphatic carbocycles. The second-order valence-electron chi connectivity index (χ2n) is 7.16. The molecule has 0 saturated carbocycles. The van der Waals surface area contributed by atoms with Crippen LogP contribution in [0.2, 0.25) is 0 Å². The molecule has 1 unspecified atom stereocenters. The summed E-state index contributed by atoms with van der Waals surface area (Å²) in [7, 11) is 1.54. The lowest BCUT2D eigenvalue weighted by atomic mass is 10.0. The van der Waals surface area contributed by atoms with Crippen LogP contribution in [0, 0.1) is 19.8 Å². The zero-order valence-electron chi connectivity index (χ0n) is 16.9. The predicted molar refractivity (Wildman–Crippen MR) is 107 cm³/mol.